The van der Waals surface area contributed by atoms with E-state index in [1.54, 1.807) is 38.1 Å². The van der Waals surface area contributed by atoms with Gasteiger partial charge in [0.05, 0.1) is 11.7 Å². The molecule has 1 amide bonds. The Morgan fingerprint density at radius 2 is 1.81 bits per heavy atom. The van der Waals surface area contributed by atoms with E-state index in [0.29, 0.717) is 17.0 Å². The van der Waals surface area contributed by atoms with Crippen molar-refractivity contribution in [3.05, 3.63) is 72.3 Å². The highest BCUT2D eigenvalue weighted by Gasteiger charge is 2.14. The quantitative estimate of drug-likeness (QED) is 0.482. The maximum Gasteiger partial charge on any atom is 0.338 e. The van der Waals surface area contributed by atoms with Crippen molar-refractivity contribution in [3.63, 3.8) is 0 Å². The van der Waals surface area contributed by atoms with Gasteiger partial charge in [0, 0.05) is 16.6 Å². The molecule has 0 bridgehead atoms. The Hall–Kier alpha value is -4.07. The standard InChI is InChI=1S/C23H21N5O3/c1-15(2)31-23(30)18-10-5-9-17(13-18)22-25-27-28(26-22)14-21(29)24-20-12-6-8-16-7-3-4-11-19(16)20/h3-13,15H,14H2,1-2H3,(H,24,29). The summed E-state index contributed by atoms with van der Waals surface area (Å²) < 4.78 is 5.22. The summed E-state index contributed by atoms with van der Waals surface area (Å²) in [6.07, 6.45) is -0.213. The molecule has 31 heavy (non-hydrogen) atoms. The van der Waals surface area contributed by atoms with Crippen LogP contribution >= 0.6 is 0 Å². The smallest absolute Gasteiger partial charge is 0.338 e. The fourth-order valence-electron chi connectivity index (χ4n) is 3.15. The number of benzene rings is 3. The summed E-state index contributed by atoms with van der Waals surface area (Å²) in [5.41, 5.74) is 1.73. The summed E-state index contributed by atoms with van der Waals surface area (Å²) in [7, 11) is 0. The zero-order valence-electron chi connectivity index (χ0n) is 17.1. The molecule has 4 aromatic rings. The number of rotatable bonds is 6. The fourth-order valence-corrected chi connectivity index (χ4v) is 3.15. The van der Waals surface area contributed by atoms with Crippen LogP contribution in [0.15, 0.2) is 66.7 Å². The molecule has 0 aliphatic rings. The predicted molar refractivity (Wildman–Crippen MR) is 116 cm³/mol. The normalized spacial score (nSPS) is 10.9. The molecular weight excluding hydrogens is 394 g/mol. The van der Waals surface area contributed by atoms with Gasteiger partial charge in [-0.3, -0.25) is 4.79 Å². The zero-order valence-corrected chi connectivity index (χ0v) is 17.1. The number of tetrazole rings is 1. The average molecular weight is 415 g/mol. The minimum atomic E-state index is -0.418. The van der Waals surface area contributed by atoms with Crippen LogP contribution in [0.3, 0.4) is 0 Å². The lowest BCUT2D eigenvalue weighted by molar-refractivity contribution is -0.117. The van der Waals surface area contributed by atoms with Gasteiger partial charge < -0.3 is 10.1 Å². The highest BCUT2D eigenvalue weighted by molar-refractivity contribution is 6.02. The largest absolute Gasteiger partial charge is 0.459 e. The van der Waals surface area contributed by atoms with Gasteiger partial charge in [-0.2, -0.15) is 4.80 Å². The summed E-state index contributed by atoms with van der Waals surface area (Å²) in [5, 5.41) is 17.1. The molecule has 1 N–H and O–H groups in total. The highest BCUT2D eigenvalue weighted by Crippen LogP contribution is 2.23. The van der Waals surface area contributed by atoms with Crippen molar-refractivity contribution >= 4 is 28.3 Å². The number of ether oxygens (including phenoxy) is 1. The lowest BCUT2D eigenvalue weighted by Crippen LogP contribution is -2.20. The number of carbonyl (C=O) groups is 2. The lowest BCUT2D eigenvalue weighted by atomic mass is 10.1. The first kappa shape index (κ1) is 20.2. The Balaban J connectivity index is 1.47. The molecule has 4 rings (SSSR count). The number of hydrogen-bond acceptors (Lipinski definition) is 6. The van der Waals surface area contributed by atoms with E-state index in [2.05, 4.69) is 20.7 Å². The van der Waals surface area contributed by atoms with Crippen LogP contribution < -0.4 is 5.32 Å². The first-order valence-electron chi connectivity index (χ1n) is 9.86. The molecule has 0 aliphatic carbocycles. The molecule has 0 aliphatic heterocycles. The number of fused-ring (bicyclic) bond motifs is 1. The molecule has 0 atom stereocenters. The second-order valence-corrected chi connectivity index (χ2v) is 7.25. The average Bonchev–Trinajstić information content (AvgIpc) is 3.22. The van der Waals surface area contributed by atoms with Crippen LogP contribution in [0.5, 0.6) is 0 Å². The van der Waals surface area contributed by atoms with Gasteiger partial charge in [-0.15, -0.1) is 10.2 Å². The van der Waals surface area contributed by atoms with Gasteiger partial charge in [0.2, 0.25) is 11.7 Å². The van der Waals surface area contributed by atoms with Gasteiger partial charge in [-0.25, -0.2) is 4.79 Å². The molecule has 156 valence electrons. The Morgan fingerprint density at radius 1 is 1.03 bits per heavy atom. The number of carbonyl (C=O) groups excluding carboxylic acids is 2. The molecule has 0 spiro atoms. The van der Waals surface area contributed by atoms with E-state index in [1.807, 2.05) is 42.5 Å². The maximum absolute atomic E-state index is 12.5. The maximum atomic E-state index is 12.5. The molecule has 1 heterocycles. The number of nitrogens with zero attached hydrogens (tertiary/aromatic N) is 4. The monoisotopic (exact) mass is 415 g/mol. The van der Waals surface area contributed by atoms with E-state index in [1.165, 1.54) is 4.80 Å². The van der Waals surface area contributed by atoms with Crippen LogP contribution in [0.2, 0.25) is 0 Å². The van der Waals surface area contributed by atoms with Gasteiger partial charge in [-0.1, -0.05) is 48.5 Å². The number of esters is 1. The third kappa shape index (κ3) is 4.75. The molecule has 3 aromatic carbocycles. The molecule has 0 radical (unpaired) electrons. The third-order valence-corrected chi connectivity index (χ3v) is 4.50. The van der Waals surface area contributed by atoms with E-state index in [0.717, 1.165) is 16.5 Å². The van der Waals surface area contributed by atoms with Crippen LogP contribution in [0.4, 0.5) is 5.69 Å². The molecule has 8 heteroatoms. The molecule has 1 aromatic heterocycles. The van der Waals surface area contributed by atoms with Crippen LogP contribution in [-0.4, -0.2) is 38.2 Å². The minimum Gasteiger partial charge on any atom is -0.459 e. The van der Waals surface area contributed by atoms with Crippen LogP contribution in [0.25, 0.3) is 22.2 Å². The molecule has 0 fully saturated rings. The lowest BCUT2D eigenvalue weighted by Gasteiger charge is -2.08. The summed E-state index contributed by atoms with van der Waals surface area (Å²) in [6, 6.07) is 20.3. The van der Waals surface area contributed by atoms with E-state index in [4.69, 9.17) is 4.74 Å². The van der Waals surface area contributed by atoms with Crippen LogP contribution in [0, 0.1) is 0 Å². The van der Waals surface area contributed by atoms with Gasteiger partial charge in [0.25, 0.3) is 0 Å². The number of anilines is 1. The second kappa shape index (κ2) is 8.74. The molecular formula is C23H21N5O3. The van der Waals surface area contributed by atoms with Gasteiger partial charge in [0.15, 0.2) is 0 Å². The van der Waals surface area contributed by atoms with Gasteiger partial charge in [0.1, 0.15) is 6.54 Å². The fraction of sp³-hybridized carbons (Fsp3) is 0.174. The predicted octanol–water partition coefficient (Wildman–Crippen LogP) is 3.70. The van der Waals surface area contributed by atoms with Crippen molar-refractivity contribution in [2.24, 2.45) is 0 Å². The summed E-state index contributed by atoms with van der Waals surface area (Å²) >= 11 is 0. The van der Waals surface area contributed by atoms with Crippen molar-refractivity contribution in [2.45, 2.75) is 26.5 Å². The molecule has 0 saturated carbocycles. The van der Waals surface area contributed by atoms with Crippen molar-refractivity contribution in [1.82, 2.24) is 20.2 Å². The topological polar surface area (TPSA) is 99.0 Å². The van der Waals surface area contributed by atoms with Crippen molar-refractivity contribution in [1.29, 1.82) is 0 Å². The minimum absolute atomic E-state index is 0.0920. The van der Waals surface area contributed by atoms with E-state index < -0.39 is 5.97 Å². The van der Waals surface area contributed by atoms with Crippen LogP contribution in [0.1, 0.15) is 24.2 Å². The summed E-state index contributed by atoms with van der Waals surface area (Å²) in [5.74, 6) is -0.370. The molecule has 8 nitrogen and oxygen atoms in total. The van der Waals surface area contributed by atoms with E-state index >= 15 is 0 Å². The Morgan fingerprint density at radius 3 is 2.65 bits per heavy atom. The molecule has 0 saturated heterocycles. The Kier molecular flexibility index (Phi) is 5.70. The second-order valence-electron chi connectivity index (χ2n) is 7.25. The summed E-state index contributed by atoms with van der Waals surface area (Å²) in [4.78, 5) is 25.9. The molecule has 0 unspecified atom stereocenters. The first-order chi connectivity index (χ1) is 15.0. The number of amides is 1. The Labute approximate surface area is 178 Å². The highest BCUT2D eigenvalue weighted by atomic mass is 16.5. The van der Waals surface area contributed by atoms with E-state index in [9.17, 15) is 9.59 Å². The SMILES string of the molecule is CC(C)OC(=O)c1cccc(-c2nnn(CC(=O)Nc3cccc4ccccc34)n2)c1. The third-order valence-electron chi connectivity index (χ3n) is 4.50. The van der Waals surface area contributed by atoms with Gasteiger partial charge >= 0.3 is 5.97 Å². The van der Waals surface area contributed by atoms with Crippen LogP contribution in [-0.2, 0) is 16.1 Å². The number of aromatic nitrogens is 4. The zero-order chi connectivity index (χ0) is 21.8. The van der Waals surface area contributed by atoms with E-state index in [-0.39, 0.29) is 18.6 Å². The van der Waals surface area contributed by atoms with Crippen molar-refractivity contribution in [2.75, 3.05) is 5.32 Å². The van der Waals surface area contributed by atoms with Gasteiger partial charge in [-0.05, 0) is 42.6 Å². The Bertz CT molecular complexity index is 1240. The van der Waals surface area contributed by atoms with Crippen molar-refractivity contribution in [3.8, 4) is 11.4 Å². The van der Waals surface area contributed by atoms with Crippen molar-refractivity contribution < 1.29 is 14.3 Å². The summed E-state index contributed by atoms with van der Waals surface area (Å²) in [6.45, 7) is 3.49. The number of nitrogens with one attached hydrogen (secondary N) is 1. The first-order valence-corrected chi connectivity index (χ1v) is 9.86. The number of hydrogen-bond donors (Lipinski definition) is 1.